The summed E-state index contributed by atoms with van der Waals surface area (Å²) in [5.41, 5.74) is 0.582. The van der Waals surface area contributed by atoms with Gasteiger partial charge < -0.3 is 10.1 Å². The molecule has 0 bridgehead atoms. The van der Waals surface area contributed by atoms with Crippen LogP contribution in [0.4, 0.5) is 0 Å². The number of carbonyl (C=O) groups excluding carboxylic acids is 4. The standard InChI is InChI=1S/C18H22N2O5/c1-11-7-8-12-13(10-11)16(23)20(15(12)22)9-5-6-14(21)19-18(2,3)17(24)25-4/h7-8,10H,5-6,9H2,1-4H3,(H,19,21). The number of nitrogens with zero attached hydrogens (tertiary/aromatic N) is 1. The van der Waals surface area contributed by atoms with Gasteiger partial charge in [-0.25, -0.2) is 4.79 Å². The number of nitrogens with one attached hydrogen (secondary N) is 1. The molecule has 1 aromatic rings. The monoisotopic (exact) mass is 346 g/mol. The zero-order valence-corrected chi connectivity index (χ0v) is 14.8. The Labute approximate surface area is 146 Å². The summed E-state index contributed by atoms with van der Waals surface area (Å²) in [6.45, 7) is 5.10. The Kier molecular flexibility index (Phi) is 5.25. The minimum Gasteiger partial charge on any atom is -0.467 e. The number of hydrogen-bond donors (Lipinski definition) is 1. The number of ether oxygens (including phenoxy) is 1. The quantitative estimate of drug-likeness (QED) is 0.621. The highest BCUT2D eigenvalue weighted by Gasteiger charge is 2.35. The molecular weight excluding hydrogens is 324 g/mol. The van der Waals surface area contributed by atoms with E-state index in [-0.39, 0.29) is 30.7 Å². The number of carbonyl (C=O) groups is 4. The van der Waals surface area contributed by atoms with E-state index in [1.165, 1.54) is 7.11 Å². The summed E-state index contributed by atoms with van der Waals surface area (Å²) in [4.78, 5) is 49.3. The molecule has 1 aromatic carbocycles. The lowest BCUT2D eigenvalue weighted by molar-refractivity contribution is -0.149. The molecule has 0 saturated carbocycles. The van der Waals surface area contributed by atoms with Crippen molar-refractivity contribution in [2.45, 2.75) is 39.2 Å². The normalized spacial score (nSPS) is 13.7. The van der Waals surface area contributed by atoms with E-state index >= 15 is 0 Å². The van der Waals surface area contributed by atoms with Crippen molar-refractivity contribution in [1.82, 2.24) is 10.2 Å². The fourth-order valence-electron chi connectivity index (χ4n) is 2.72. The van der Waals surface area contributed by atoms with Crippen molar-refractivity contribution in [3.05, 3.63) is 34.9 Å². The lowest BCUT2D eigenvalue weighted by Crippen LogP contribution is -2.50. The van der Waals surface area contributed by atoms with Gasteiger partial charge in [-0.05, 0) is 39.3 Å². The average Bonchev–Trinajstić information content (AvgIpc) is 2.77. The second-order valence-electron chi connectivity index (χ2n) is 6.58. The number of rotatable bonds is 6. The second kappa shape index (κ2) is 7.04. The summed E-state index contributed by atoms with van der Waals surface area (Å²) >= 11 is 0. The first-order chi connectivity index (χ1) is 11.7. The molecule has 25 heavy (non-hydrogen) atoms. The van der Waals surface area contributed by atoms with Crippen molar-refractivity contribution in [1.29, 1.82) is 0 Å². The molecule has 3 amide bonds. The van der Waals surface area contributed by atoms with Crippen LogP contribution in [0.25, 0.3) is 0 Å². The molecule has 1 aliphatic heterocycles. The Bertz CT molecular complexity index is 739. The van der Waals surface area contributed by atoms with Crippen LogP contribution < -0.4 is 5.32 Å². The molecule has 0 atom stereocenters. The Morgan fingerprint density at radius 3 is 2.44 bits per heavy atom. The topological polar surface area (TPSA) is 92.8 Å². The number of benzene rings is 1. The van der Waals surface area contributed by atoms with Gasteiger partial charge in [0.15, 0.2) is 0 Å². The molecule has 0 spiro atoms. The van der Waals surface area contributed by atoms with Crippen LogP contribution >= 0.6 is 0 Å². The number of amides is 3. The molecule has 0 unspecified atom stereocenters. The lowest BCUT2D eigenvalue weighted by atomic mass is 10.1. The fourth-order valence-corrected chi connectivity index (χ4v) is 2.72. The molecule has 0 aliphatic carbocycles. The smallest absolute Gasteiger partial charge is 0.330 e. The average molecular weight is 346 g/mol. The van der Waals surface area contributed by atoms with E-state index in [9.17, 15) is 19.2 Å². The molecule has 7 nitrogen and oxygen atoms in total. The minimum absolute atomic E-state index is 0.0901. The summed E-state index contributed by atoms with van der Waals surface area (Å²) in [5.74, 6) is -1.56. The van der Waals surface area contributed by atoms with Gasteiger partial charge in [0.25, 0.3) is 11.8 Å². The highest BCUT2D eigenvalue weighted by molar-refractivity contribution is 6.21. The Balaban J connectivity index is 1.91. The summed E-state index contributed by atoms with van der Waals surface area (Å²) < 4.78 is 4.62. The summed E-state index contributed by atoms with van der Waals surface area (Å²) in [6, 6.07) is 5.13. The summed E-state index contributed by atoms with van der Waals surface area (Å²) in [6.07, 6.45) is 0.403. The van der Waals surface area contributed by atoms with Crippen molar-refractivity contribution in [2.75, 3.05) is 13.7 Å². The van der Waals surface area contributed by atoms with Crippen molar-refractivity contribution < 1.29 is 23.9 Å². The van der Waals surface area contributed by atoms with Crippen LogP contribution in [-0.4, -0.2) is 47.8 Å². The maximum atomic E-state index is 12.3. The first-order valence-corrected chi connectivity index (χ1v) is 8.03. The first-order valence-electron chi connectivity index (χ1n) is 8.03. The van der Waals surface area contributed by atoms with Gasteiger partial charge in [-0.15, -0.1) is 0 Å². The van der Waals surface area contributed by atoms with Crippen LogP contribution in [0.3, 0.4) is 0 Å². The summed E-state index contributed by atoms with van der Waals surface area (Å²) in [5, 5.41) is 2.58. The summed E-state index contributed by atoms with van der Waals surface area (Å²) in [7, 11) is 1.25. The second-order valence-corrected chi connectivity index (χ2v) is 6.58. The largest absolute Gasteiger partial charge is 0.467 e. The SMILES string of the molecule is COC(=O)C(C)(C)NC(=O)CCCN1C(=O)c2ccc(C)cc2C1=O. The minimum atomic E-state index is -1.13. The van der Waals surface area contributed by atoms with Gasteiger partial charge in [-0.2, -0.15) is 0 Å². The molecule has 2 rings (SSSR count). The number of fused-ring (bicyclic) bond motifs is 1. The van der Waals surface area contributed by atoms with E-state index in [2.05, 4.69) is 10.1 Å². The molecule has 134 valence electrons. The van der Waals surface area contributed by atoms with E-state index in [4.69, 9.17) is 0 Å². The van der Waals surface area contributed by atoms with Gasteiger partial charge in [0.05, 0.1) is 18.2 Å². The van der Waals surface area contributed by atoms with Gasteiger partial charge in [0.2, 0.25) is 5.91 Å². The number of aryl methyl sites for hydroxylation is 1. The van der Waals surface area contributed by atoms with Crippen LogP contribution in [0, 0.1) is 6.92 Å². The number of hydrogen-bond acceptors (Lipinski definition) is 5. The zero-order valence-electron chi connectivity index (χ0n) is 14.8. The van der Waals surface area contributed by atoms with E-state index in [0.717, 1.165) is 10.5 Å². The lowest BCUT2D eigenvalue weighted by Gasteiger charge is -2.23. The third-order valence-corrected chi connectivity index (χ3v) is 4.06. The van der Waals surface area contributed by atoms with Crippen molar-refractivity contribution in [3.63, 3.8) is 0 Å². The van der Waals surface area contributed by atoms with Gasteiger partial charge in [-0.3, -0.25) is 19.3 Å². The third kappa shape index (κ3) is 3.87. The van der Waals surface area contributed by atoms with Crippen molar-refractivity contribution in [3.8, 4) is 0 Å². The number of esters is 1. The van der Waals surface area contributed by atoms with Crippen LogP contribution in [0.2, 0.25) is 0 Å². The molecule has 1 aliphatic rings. The molecular formula is C18H22N2O5. The van der Waals surface area contributed by atoms with Crippen LogP contribution in [0.5, 0.6) is 0 Å². The highest BCUT2D eigenvalue weighted by Crippen LogP contribution is 2.24. The Morgan fingerprint density at radius 1 is 1.16 bits per heavy atom. The maximum Gasteiger partial charge on any atom is 0.330 e. The molecule has 0 aromatic heterocycles. The van der Waals surface area contributed by atoms with Crippen molar-refractivity contribution in [2.24, 2.45) is 0 Å². The van der Waals surface area contributed by atoms with E-state index in [0.29, 0.717) is 17.5 Å². The van der Waals surface area contributed by atoms with Gasteiger partial charge in [-0.1, -0.05) is 11.6 Å². The molecule has 7 heteroatoms. The van der Waals surface area contributed by atoms with Crippen LogP contribution in [-0.2, 0) is 14.3 Å². The number of methoxy groups -OCH3 is 1. The van der Waals surface area contributed by atoms with Gasteiger partial charge in [0, 0.05) is 13.0 Å². The fraction of sp³-hybridized carbons (Fsp3) is 0.444. The predicted molar refractivity (Wildman–Crippen MR) is 90.0 cm³/mol. The maximum absolute atomic E-state index is 12.3. The van der Waals surface area contributed by atoms with E-state index < -0.39 is 11.5 Å². The van der Waals surface area contributed by atoms with Crippen molar-refractivity contribution >= 4 is 23.7 Å². The van der Waals surface area contributed by atoms with Gasteiger partial charge in [0.1, 0.15) is 5.54 Å². The first kappa shape index (κ1) is 18.6. The predicted octanol–water partition coefficient (Wildman–Crippen LogP) is 1.44. The Hall–Kier alpha value is -2.70. The highest BCUT2D eigenvalue weighted by atomic mass is 16.5. The molecule has 1 heterocycles. The van der Waals surface area contributed by atoms with E-state index in [1.54, 1.807) is 32.0 Å². The molecule has 0 saturated heterocycles. The van der Waals surface area contributed by atoms with Gasteiger partial charge >= 0.3 is 5.97 Å². The third-order valence-electron chi connectivity index (χ3n) is 4.06. The zero-order chi connectivity index (χ0) is 18.8. The van der Waals surface area contributed by atoms with E-state index in [1.807, 2.05) is 6.92 Å². The Morgan fingerprint density at radius 2 is 1.80 bits per heavy atom. The number of imide groups is 1. The van der Waals surface area contributed by atoms with Crippen LogP contribution in [0.15, 0.2) is 18.2 Å². The molecule has 0 fully saturated rings. The van der Waals surface area contributed by atoms with Crippen LogP contribution in [0.1, 0.15) is 53.0 Å². The molecule has 1 N–H and O–H groups in total. The molecule has 0 radical (unpaired) electrons.